The minimum atomic E-state index is -0.548. The van der Waals surface area contributed by atoms with Gasteiger partial charge in [-0.3, -0.25) is 14.4 Å². The minimum absolute atomic E-state index is 0.0860. The first-order chi connectivity index (χ1) is 15.4. The maximum atomic E-state index is 14.1. The third-order valence-electron chi connectivity index (χ3n) is 6.87. The molecule has 2 heterocycles. The molecule has 1 aliphatic carbocycles. The van der Waals surface area contributed by atoms with E-state index in [1.807, 2.05) is 23.1 Å². The Morgan fingerprint density at radius 3 is 2.62 bits per heavy atom. The van der Waals surface area contributed by atoms with Gasteiger partial charge in [-0.15, -0.1) is 0 Å². The number of hydrogen-bond acceptors (Lipinski definition) is 3. The molecule has 2 fully saturated rings. The summed E-state index contributed by atoms with van der Waals surface area (Å²) in [6.45, 7) is 2.71. The van der Waals surface area contributed by atoms with E-state index < -0.39 is 11.7 Å². The number of nitrogens with one attached hydrogen (secondary N) is 1. The number of rotatable bonds is 4. The topological polar surface area (TPSA) is 69.7 Å². The zero-order chi connectivity index (χ0) is 22.4. The molecule has 0 radical (unpaired) electrons. The second-order valence-corrected chi connectivity index (χ2v) is 9.06. The summed E-state index contributed by atoms with van der Waals surface area (Å²) < 4.78 is 14.1. The van der Waals surface area contributed by atoms with Crippen molar-refractivity contribution in [3.8, 4) is 0 Å². The Kier molecular flexibility index (Phi) is 5.19. The smallest absolute Gasteiger partial charge is 0.230 e. The zero-order valence-corrected chi connectivity index (χ0v) is 18.1. The summed E-state index contributed by atoms with van der Waals surface area (Å²) in [6, 6.07) is 10.4. The van der Waals surface area contributed by atoms with Crippen molar-refractivity contribution in [2.24, 2.45) is 11.8 Å². The largest absolute Gasteiger partial charge is 0.323 e. The second kappa shape index (κ2) is 8.04. The fraction of sp³-hybridized carbons (Fsp3) is 0.400. The Balaban J connectivity index is 1.28. The van der Waals surface area contributed by atoms with Gasteiger partial charge in [-0.05, 0) is 67.6 Å². The van der Waals surface area contributed by atoms with Gasteiger partial charge in [0.2, 0.25) is 17.7 Å². The molecule has 0 bridgehead atoms. The van der Waals surface area contributed by atoms with Crippen LogP contribution in [0.25, 0.3) is 0 Å². The van der Waals surface area contributed by atoms with E-state index in [0.29, 0.717) is 6.54 Å². The van der Waals surface area contributed by atoms with E-state index >= 15 is 0 Å². The second-order valence-electron chi connectivity index (χ2n) is 9.06. The Labute approximate surface area is 186 Å². The van der Waals surface area contributed by atoms with Gasteiger partial charge in [0.25, 0.3) is 0 Å². The van der Waals surface area contributed by atoms with Crippen LogP contribution in [0, 0.1) is 24.6 Å². The number of fused-ring (bicyclic) bond motifs is 1. The Morgan fingerprint density at radius 1 is 1.09 bits per heavy atom. The van der Waals surface area contributed by atoms with Crippen molar-refractivity contribution in [1.29, 1.82) is 0 Å². The highest BCUT2D eigenvalue weighted by Gasteiger charge is 2.37. The van der Waals surface area contributed by atoms with Crippen LogP contribution in [-0.4, -0.2) is 30.8 Å². The van der Waals surface area contributed by atoms with Crippen molar-refractivity contribution in [2.45, 2.75) is 39.0 Å². The summed E-state index contributed by atoms with van der Waals surface area (Å²) in [7, 11) is 0. The quantitative estimate of drug-likeness (QED) is 0.794. The standard InChI is InChI=1S/C25H26FN3O3/c1-15-5-7-21(20(26)11-15)27-24(31)18-13-23(30)29(14-18)19-6-8-22-17(12-19)9-10-28(22)25(32)16-3-2-4-16/h5-8,11-12,16,18H,2-4,9-10,13-14H2,1H3,(H,27,31)/t18-/m0/s1. The van der Waals surface area contributed by atoms with Crippen molar-refractivity contribution in [3.05, 3.63) is 53.3 Å². The van der Waals surface area contributed by atoms with Crippen LogP contribution in [-0.2, 0) is 20.8 Å². The highest BCUT2D eigenvalue weighted by molar-refractivity contribution is 6.04. The van der Waals surface area contributed by atoms with Gasteiger partial charge in [0.05, 0.1) is 11.6 Å². The third kappa shape index (κ3) is 3.66. The van der Waals surface area contributed by atoms with Gasteiger partial charge >= 0.3 is 0 Å². The number of aryl methyl sites for hydroxylation is 1. The summed E-state index contributed by atoms with van der Waals surface area (Å²) in [5, 5.41) is 2.62. The normalized spacial score (nSPS) is 20.3. The average molecular weight is 435 g/mol. The molecule has 1 N–H and O–H groups in total. The molecule has 0 unspecified atom stereocenters. The molecule has 6 nitrogen and oxygen atoms in total. The zero-order valence-electron chi connectivity index (χ0n) is 18.1. The molecule has 32 heavy (non-hydrogen) atoms. The number of hydrogen-bond donors (Lipinski definition) is 1. The number of nitrogens with zero attached hydrogens (tertiary/aromatic N) is 2. The number of benzene rings is 2. The molecule has 0 spiro atoms. The summed E-state index contributed by atoms with van der Waals surface area (Å²) in [5.41, 5.74) is 3.62. The summed E-state index contributed by atoms with van der Waals surface area (Å²) >= 11 is 0. The van der Waals surface area contributed by atoms with Crippen molar-refractivity contribution in [3.63, 3.8) is 0 Å². The van der Waals surface area contributed by atoms with E-state index in [9.17, 15) is 18.8 Å². The molecule has 3 aliphatic rings. The van der Waals surface area contributed by atoms with Gasteiger partial charge < -0.3 is 15.1 Å². The van der Waals surface area contributed by atoms with Crippen LogP contribution in [0.3, 0.4) is 0 Å². The average Bonchev–Trinajstić information content (AvgIpc) is 3.31. The molecular formula is C25H26FN3O3. The van der Waals surface area contributed by atoms with Crippen molar-refractivity contribution in [2.75, 3.05) is 28.2 Å². The predicted molar refractivity (Wildman–Crippen MR) is 120 cm³/mol. The summed E-state index contributed by atoms with van der Waals surface area (Å²) in [5.74, 6) is -1.16. The molecule has 2 aliphatic heterocycles. The SMILES string of the molecule is Cc1ccc(NC(=O)[C@H]2CC(=O)N(c3ccc4c(c3)CCN4C(=O)C3CCC3)C2)c(F)c1. The number of carbonyl (C=O) groups excluding carboxylic acids is 3. The molecule has 1 saturated heterocycles. The lowest BCUT2D eigenvalue weighted by molar-refractivity contribution is -0.124. The molecule has 3 amide bonds. The van der Waals surface area contributed by atoms with E-state index in [4.69, 9.17) is 0 Å². The van der Waals surface area contributed by atoms with Gasteiger partial charge in [0.1, 0.15) is 5.82 Å². The first-order valence-corrected chi connectivity index (χ1v) is 11.2. The first kappa shape index (κ1) is 20.7. The van der Waals surface area contributed by atoms with Crippen LogP contribution in [0.4, 0.5) is 21.5 Å². The molecule has 5 rings (SSSR count). The van der Waals surface area contributed by atoms with Crippen molar-refractivity contribution in [1.82, 2.24) is 0 Å². The highest BCUT2D eigenvalue weighted by Crippen LogP contribution is 2.37. The van der Waals surface area contributed by atoms with Gasteiger partial charge in [-0.1, -0.05) is 12.5 Å². The fourth-order valence-corrected chi connectivity index (χ4v) is 4.75. The minimum Gasteiger partial charge on any atom is -0.323 e. The number of anilines is 3. The van der Waals surface area contributed by atoms with Crippen LogP contribution in [0.1, 0.15) is 36.8 Å². The Morgan fingerprint density at radius 2 is 1.91 bits per heavy atom. The van der Waals surface area contributed by atoms with Crippen LogP contribution in [0.5, 0.6) is 0 Å². The Bertz CT molecular complexity index is 1110. The lowest BCUT2D eigenvalue weighted by atomic mass is 9.84. The van der Waals surface area contributed by atoms with E-state index in [1.54, 1.807) is 17.9 Å². The van der Waals surface area contributed by atoms with Crippen LogP contribution < -0.4 is 15.1 Å². The van der Waals surface area contributed by atoms with Crippen molar-refractivity contribution < 1.29 is 18.8 Å². The van der Waals surface area contributed by atoms with Crippen molar-refractivity contribution >= 4 is 34.8 Å². The molecule has 166 valence electrons. The molecule has 2 aromatic carbocycles. The van der Waals surface area contributed by atoms with Gasteiger partial charge in [-0.2, -0.15) is 0 Å². The number of halogens is 1. The monoisotopic (exact) mass is 435 g/mol. The third-order valence-corrected chi connectivity index (χ3v) is 6.87. The molecule has 1 saturated carbocycles. The maximum absolute atomic E-state index is 14.1. The van der Waals surface area contributed by atoms with Gasteiger partial charge in [-0.25, -0.2) is 4.39 Å². The van der Waals surface area contributed by atoms with Gasteiger partial charge in [0, 0.05) is 36.8 Å². The van der Waals surface area contributed by atoms with E-state index in [-0.39, 0.29) is 42.3 Å². The maximum Gasteiger partial charge on any atom is 0.230 e. The Hall–Kier alpha value is -3.22. The lowest BCUT2D eigenvalue weighted by Crippen LogP contribution is -2.37. The summed E-state index contributed by atoms with van der Waals surface area (Å²) in [4.78, 5) is 41.5. The molecular weight excluding hydrogens is 409 g/mol. The van der Waals surface area contributed by atoms with Gasteiger partial charge in [0.15, 0.2) is 0 Å². The van der Waals surface area contributed by atoms with E-state index in [2.05, 4.69) is 5.32 Å². The highest BCUT2D eigenvalue weighted by atomic mass is 19.1. The van der Waals surface area contributed by atoms with E-state index in [0.717, 1.165) is 48.2 Å². The van der Waals surface area contributed by atoms with Crippen LogP contribution >= 0.6 is 0 Å². The fourth-order valence-electron chi connectivity index (χ4n) is 4.75. The number of amides is 3. The predicted octanol–water partition coefficient (Wildman–Crippen LogP) is 3.81. The lowest BCUT2D eigenvalue weighted by Gasteiger charge is -2.29. The molecule has 0 aromatic heterocycles. The number of carbonyl (C=O) groups is 3. The first-order valence-electron chi connectivity index (χ1n) is 11.2. The van der Waals surface area contributed by atoms with Crippen LogP contribution in [0.15, 0.2) is 36.4 Å². The molecule has 2 aromatic rings. The molecule has 1 atom stereocenters. The molecule has 7 heteroatoms. The summed E-state index contributed by atoms with van der Waals surface area (Å²) in [6.07, 6.45) is 3.92. The van der Waals surface area contributed by atoms with Crippen LogP contribution in [0.2, 0.25) is 0 Å². The van der Waals surface area contributed by atoms with E-state index in [1.165, 1.54) is 12.1 Å².